The van der Waals surface area contributed by atoms with Crippen molar-refractivity contribution in [2.45, 2.75) is 30.5 Å². The van der Waals surface area contributed by atoms with E-state index in [1.165, 1.54) is 11.8 Å². The van der Waals surface area contributed by atoms with Crippen LogP contribution in [0.25, 0.3) is 11.1 Å². The molecule has 0 aromatic heterocycles. The fraction of sp³-hybridized carbons (Fsp3) is 0.321. The molecule has 39 heavy (non-hydrogen) atoms. The van der Waals surface area contributed by atoms with Crippen molar-refractivity contribution >= 4 is 27.4 Å². The summed E-state index contributed by atoms with van der Waals surface area (Å²) in [7, 11) is -3.18. The maximum Gasteiger partial charge on any atom is 0.490 e. The Hall–Kier alpha value is -3.08. The lowest BCUT2D eigenvalue weighted by Crippen LogP contribution is -2.35. The molecule has 1 heterocycles. The van der Waals surface area contributed by atoms with Gasteiger partial charge in [0.15, 0.2) is 9.84 Å². The van der Waals surface area contributed by atoms with Gasteiger partial charge in [-0.1, -0.05) is 48.0 Å². The number of aliphatic carboxylic acids is 1. The largest absolute Gasteiger partial charge is 0.493 e. The predicted molar refractivity (Wildman–Crippen MR) is 144 cm³/mol. The van der Waals surface area contributed by atoms with Crippen LogP contribution in [0.5, 0.6) is 5.75 Å². The minimum Gasteiger partial charge on any atom is -0.493 e. The third-order valence-electron chi connectivity index (χ3n) is 6.20. The number of hydrogen-bond donors (Lipinski definition) is 1. The molecule has 4 rings (SSSR count). The Balaban J connectivity index is 0.000000532. The number of hydrogen-bond acceptors (Lipinski definition) is 5. The molecule has 1 N–H and O–H groups in total. The predicted octanol–water partition coefficient (Wildman–Crippen LogP) is 6.33. The van der Waals surface area contributed by atoms with E-state index in [1.54, 1.807) is 12.1 Å². The second-order valence-corrected chi connectivity index (χ2v) is 11.7. The van der Waals surface area contributed by atoms with E-state index in [1.807, 2.05) is 54.6 Å². The van der Waals surface area contributed by atoms with Gasteiger partial charge >= 0.3 is 12.1 Å². The van der Waals surface area contributed by atoms with Gasteiger partial charge in [0.1, 0.15) is 5.75 Å². The van der Waals surface area contributed by atoms with Crippen molar-refractivity contribution in [3.05, 3.63) is 83.4 Å². The van der Waals surface area contributed by atoms with E-state index >= 15 is 0 Å². The van der Waals surface area contributed by atoms with Crippen LogP contribution in [0.2, 0.25) is 5.02 Å². The van der Waals surface area contributed by atoms with Crippen LogP contribution in [0.1, 0.15) is 18.4 Å². The second kappa shape index (κ2) is 13.3. The zero-order valence-corrected chi connectivity index (χ0v) is 22.8. The van der Waals surface area contributed by atoms with Crippen LogP contribution < -0.4 is 4.74 Å². The van der Waals surface area contributed by atoms with Gasteiger partial charge in [-0.25, -0.2) is 13.2 Å². The minimum atomic E-state index is -5.08. The Labute approximate surface area is 230 Å². The Morgan fingerprint density at radius 1 is 1.00 bits per heavy atom. The smallest absolute Gasteiger partial charge is 0.490 e. The number of carbonyl (C=O) groups is 1. The first-order valence-electron chi connectivity index (χ1n) is 12.1. The lowest BCUT2D eigenvalue weighted by Gasteiger charge is -2.31. The molecule has 210 valence electrons. The van der Waals surface area contributed by atoms with Crippen LogP contribution in [0.15, 0.2) is 77.7 Å². The average molecular weight is 584 g/mol. The van der Waals surface area contributed by atoms with Gasteiger partial charge in [0, 0.05) is 17.8 Å². The van der Waals surface area contributed by atoms with Crippen molar-refractivity contribution in [1.82, 2.24) is 4.90 Å². The van der Waals surface area contributed by atoms with Crippen molar-refractivity contribution < 1.29 is 36.2 Å². The third kappa shape index (κ3) is 9.87. The maximum absolute atomic E-state index is 11.6. The molecule has 0 spiro atoms. The van der Waals surface area contributed by atoms with Crippen LogP contribution in [0, 0.1) is 5.92 Å². The van der Waals surface area contributed by atoms with Gasteiger partial charge in [0.25, 0.3) is 0 Å². The standard InChI is InChI=1S/C26H28ClNO3S.C2HF3O2/c1-32(29,30)26-11-7-23(8-12-26)22-5-9-25(10-6-22)31-19-20-13-15-28(16-14-20)18-21-3-2-4-24(27)17-21;3-2(4,5)1(6)7/h2-12,17,20H,13-16,18-19H2,1H3;(H,6,7). The molecule has 0 radical (unpaired) electrons. The lowest BCUT2D eigenvalue weighted by atomic mass is 9.97. The number of carboxylic acids is 1. The van der Waals surface area contributed by atoms with Crippen molar-refractivity contribution in [1.29, 1.82) is 0 Å². The summed E-state index contributed by atoms with van der Waals surface area (Å²) in [5.74, 6) is -1.33. The Bertz CT molecular complexity index is 1340. The SMILES string of the molecule is CS(=O)(=O)c1ccc(-c2ccc(OCC3CCN(Cc4cccc(Cl)c4)CC3)cc2)cc1.O=C(O)C(F)(F)F. The van der Waals surface area contributed by atoms with Gasteiger partial charge < -0.3 is 9.84 Å². The fourth-order valence-corrected chi connectivity index (χ4v) is 4.90. The van der Waals surface area contributed by atoms with E-state index in [9.17, 15) is 21.6 Å². The van der Waals surface area contributed by atoms with Gasteiger partial charge in [0.2, 0.25) is 0 Å². The summed E-state index contributed by atoms with van der Waals surface area (Å²) in [6.07, 6.45) is -1.60. The molecule has 1 aliphatic heterocycles. The zero-order valence-electron chi connectivity index (χ0n) is 21.2. The molecule has 0 saturated carbocycles. The third-order valence-corrected chi connectivity index (χ3v) is 7.56. The number of ether oxygens (including phenoxy) is 1. The summed E-state index contributed by atoms with van der Waals surface area (Å²) in [5, 5.41) is 7.92. The summed E-state index contributed by atoms with van der Waals surface area (Å²) >= 11 is 6.10. The molecule has 0 atom stereocenters. The topological polar surface area (TPSA) is 83.9 Å². The van der Waals surface area contributed by atoms with Crippen molar-refractivity contribution in [2.75, 3.05) is 26.0 Å². The molecular formula is C28H29ClF3NO5S. The highest BCUT2D eigenvalue weighted by Gasteiger charge is 2.38. The van der Waals surface area contributed by atoms with Gasteiger partial charge in [-0.15, -0.1) is 0 Å². The van der Waals surface area contributed by atoms with Gasteiger partial charge in [-0.2, -0.15) is 13.2 Å². The number of alkyl halides is 3. The monoisotopic (exact) mass is 583 g/mol. The van der Waals surface area contributed by atoms with Crippen LogP contribution in [-0.2, 0) is 21.2 Å². The molecule has 0 unspecified atom stereocenters. The van der Waals surface area contributed by atoms with Gasteiger partial charge in [0.05, 0.1) is 11.5 Å². The van der Waals surface area contributed by atoms with Crippen LogP contribution in [0.4, 0.5) is 13.2 Å². The number of benzene rings is 3. The Kier molecular flexibility index (Phi) is 10.4. The second-order valence-electron chi connectivity index (χ2n) is 9.28. The molecule has 1 aliphatic rings. The molecule has 3 aromatic carbocycles. The van der Waals surface area contributed by atoms with E-state index in [0.717, 1.165) is 61.0 Å². The fourth-order valence-electron chi connectivity index (χ4n) is 4.06. The average Bonchev–Trinajstić information content (AvgIpc) is 2.88. The van der Waals surface area contributed by atoms with Crippen molar-refractivity contribution in [3.8, 4) is 16.9 Å². The number of sulfone groups is 1. The molecule has 6 nitrogen and oxygen atoms in total. The molecular weight excluding hydrogens is 555 g/mol. The van der Waals surface area contributed by atoms with Gasteiger partial charge in [-0.3, -0.25) is 4.90 Å². The highest BCUT2D eigenvalue weighted by atomic mass is 35.5. The molecule has 11 heteroatoms. The number of piperidine rings is 1. The van der Waals surface area contributed by atoms with E-state index in [0.29, 0.717) is 10.8 Å². The number of rotatable bonds is 7. The quantitative estimate of drug-likeness (QED) is 0.350. The van der Waals surface area contributed by atoms with E-state index < -0.39 is 22.0 Å². The summed E-state index contributed by atoms with van der Waals surface area (Å²) in [5.41, 5.74) is 3.28. The zero-order chi connectivity index (χ0) is 28.6. The summed E-state index contributed by atoms with van der Waals surface area (Å²) in [6, 6.07) is 23.0. The van der Waals surface area contributed by atoms with Crippen molar-refractivity contribution in [2.24, 2.45) is 5.92 Å². The maximum atomic E-state index is 11.6. The first-order chi connectivity index (χ1) is 18.3. The normalized spacial score (nSPS) is 14.8. The molecule has 0 bridgehead atoms. The van der Waals surface area contributed by atoms with E-state index in [4.69, 9.17) is 26.2 Å². The van der Waals surface area contributed by atoms with Crippen LogP contribution in [-0.4, -0.2) is 56.5 Å². The molecule has 1 fully saturated rings. The number of nitrogens with zero attached hydrogens (tertiary/aromatic N) is 1. The number of halogens is 4. The first-order valence-corrected chi connectivity index (χ1v) is 14.4. The van der Waals surface area contributed by atoms with Crippen molar-refractivity contribution in [3.63, 3.8) is 0 Å². The first kappa shape index (κ1) is 30.5. The number of likely N-dealkylation sites (tertiary alicyclic amines) is 1. The highest BCUT2D eigenvalue weighted by molar-refractivity contribution is 7.90. The molecule has 3 aromatic rings. The van der Waals surface area contributed by atoms with E-state index in [-0.39, 0.29) is 0 Å². The summed E-state index contributed by atoms with van der Waals surface area (Å²) < 4.78 is 61.0. The molecule has 0 amide bonds. The van der Waals surface area contributed by atoms with Crippen LogP contribution in [0.3, 0.4) is 0 Å². The minimum absolute atomic E-state index is 0.333. The molecule has 1 saturated heterocycles. The Morgan fingerprint density at radius 2 is 1.54 bits per heavy atom. The van der Waals surface area contributed by atoms with E-state index in [2.05, 4.69) is 11.0 Å². The molecule has 0 aliphatic carbocycles. The number of carboxylic acid groups (broad SMARTS) is 1. The highest BCUT2D eigenvalue weighted by Crippen LogP contribution is 2.26. The van der Waals surface area contributed by atoms with Gasteiger partial charge in [-0.05, 0) is 84.9 Å². The summed E-state index contributed by atoms with van der Waals surface area (Å²) in [4.78, 5) is 11.7. The van der Waals surface area contributed by atoms with Crippen LogP contribution >= 0.6 is 11.6 Å². The Morgan fingerprint density at radius 3 is 2.03 bits per heavy atom. The summed E-state index contributed by atoms with van der Waals surface area (Å²) in [6.45, 7) is 3.82. The lowest BCUT2D eigenvalue weighted by molar-refractivity contribution is -0.192.